The molecule has 2 aromatic carbocycles. The molecule has 1 saturated heterocycles. The zero-order valence-corrected chi connectivity index (χ0v) is 16.7. The lowest BCUT2D eigenvalue weighted by Crippen LogP contribution is -2.30. The molecular formula is C20H23NO5S. The van der Waals surface area contributed by atoms with E-state index in [4.69, 9.17) is 18.9 Å². The summed E-state index contributed by atoms with van der Waals surface area (Å²) in [6, 6.07) is 10.9. The molecule has 27 heavy (non-hydrogen) atoms. The Hall–Kier alpha value is -2.54. The molecule has 6 nitrogen and oxygen atoms in total. The molecule has 0 aliphatic carbocycles. The van der Waals surface area contributed by atoms with Crippen molar-refractivity contribution in [2.45, 2.75) is 5.37 Å². The zero-order valence-electron chi connectivity index (χ0n) is 15.9. The molecule has 1 aliphatic rings. The average Bonchev–Trinajstić information content (AvgIpc) is 3.22. The number of benzene rings is 2. The predicted molar refractivity (Wildman–Crippen MR) is 105 cm³/mol. The molecule has 0 bridgehead atoms. The number of carbonyl (C=O) groups excluding carboxylic acids is 1. The van der Waals surface area contributed by atoms with Crippen molar-refractivity contribution in [2.24, 2.45) is 0 Å². The first-order valence-corrected chi connectivity index (χ1v) is 9.53. The van der Waals surface area contributed by atoms with Crippen molar-refractivity contribution < 1.29 is 23.7 Å². The number of rotatable bonds is 6. The second kappa shape index (κ2) is 8.43. The van der Waals surface area contributed by atoms with Gasteiger partial charge in [0.25, 0.3) is 5.91 Å². The van der Waals surface area contributed by atoms with E-state index >= 15 is 0 Å². The van der Waals surface area contributed by atoms with E-state index in [1.165, 1.54) is 0 Å². The summed E-state index contributed by atoms with van der Waals surface area (Å²) in [5.41, 5.74) is 1.51. The van der Waals surface area contributed by atoms with E-state index in [9.17, 15) is 4.79 Å². The van der Waals surface area contributed by atoms with Crippen molar-refractivity contribution in [2.75, 3.05) is 40.7 Å². The SMILES string of the molecule is COc1cc(OC)cc(C(=O)N2CCS[C@H]2c2cc(OC)cc(OC)c2)c1. The van der Waals surface area contributed by atoms with E-state index in [0.29, 0.717) is 35.1 Å². The highest BCUT2D eigenvalue weighted by Crippen LogP contribution is 2.41. The van der Waals surface area contributed by atoms with Gasteiger partial charge in [0, 0.05) is 30.0 Å². The van der Waals surface area contributed by atoms with Crippen molar-refractivity contribution in [3.63, 3.8) is 0 Å². The molecule has 1 atom stereocenters. The molecule has 2 aromatic rings. The van der Waals surface area contributed by atoms with Crippen molar-refractivity contribution in [3.05, 3.63) is 47.5 Å². The van der Waals surface area contributed by atoms with Crippen LogP contribution in [0.3, 0.4) is 0 Å². The quantitative estimate of drug-likeness (QED) is 0.752. The van der Waals surface area contributed by atoms with Gasteiger partial charge in [-0.3, -0.25) is 4.79 Å². The third-order valence-electron chi connectivity index (χ3n) is 4.41. The number of hydrogen-bond donors (Lipinski definition) is 0. The first kappa shape index (κ1) is 19.2. The van der Waals surface area contributed by atoms with Crippen LogP contribution in [0.1, 0.15) is 21.3 Å². The fourth-order valence-corrected chi connectivity index (χ4v) is 4.26. The van der Waals surface area contributed by atoms with Crippen LogP contribution in [-0.2, 0) is 0 Å². The van der Waals surface area contributed by atoms with Gasteiger partial charge in [-0.25, -0.2) is 0 Å². The Morgan fingerprint density at radius 1 is 0.852 bits per heavy atom. The second-order valence-corrected chi connectivity index (χ2v) is 7.16. The number of ether oxygens (including phenoxy) is 4. The van der Waals surface area contributed by atoms with E-state index in [2.05, 4.69) is 0 Å². The molecule has 0 aromatic heterocycles. The van der Waals surface area contributed by atoms with Gasteiger partial charge in [0.05, 0.1) is 28.4 Å². The minimum absolute atomic E-state index is 0.0658. The van der Waals surface area contributed by atoms with Gasteiger partial charge in [-0.2, -0.15) is 0 Å². The van der Waals surface area contributed by atoms with Crippen molar-refractivity contribution in [1.29, 1.82) is 0 Å². The third kappa shape index (κ3) is 4.08. The normalized spacial score (nSPS) is 16.1. The maximum atomic E-state index is 13.2. The highest BCUT2D eigenvalue weighted by molar-refractivity contribution is 7.99. The fourth-order valence-electron chi connectivity index (χ4n) is 3.02. The van der Waals surface area contributed by atoms with Crippen LogP contribution in [0.15, 0.2) is 36.4 Å². The number of carbonyl (C=O) groups is 1. The van der Waals surface area contributed by atoms with Crippen molar-refractivity contribution in [1.82, 2.24) is 4.90 Å². The van der Waals surface area contributed by atoms with E-state index in [1.807, 2.05) is 23.1 Å². The predicted octanol–water partition coefficient (Wildman–Crippen LogP) is 3.61. The molecule has 0 saturated carbocycles. The summed E-state index contributed by atoms with van der Waals surface area (Å²) in [5.74, 6) is 3.37. The molecule has 1 heterocycles. The van der Waals surface area contributed by atoms with Gasteiger partial charge in [-0.1, -0.05) is 0 Å². The maximum Gasteiger partial charge on any atom is 0.255 e. The lowest BCUT2D eigenvalue weighted by molar-refractivity contribution is 0.0759. The van der Waals surface area contributed by atoms with Crippen molar-refractivity contribution in [3.8, 4) is 23.0 Å². The van der Waals surface area contributed by atoms with Gasteiger partial charge in [-0.05, 0) is 29.8 Å². The molecule has 0 spiro atoms. The van der Waals surface area contributed by atoms with E-state index in [0.717, 1.165) is 11.3 Å². The standard InChI is InChI=1S/C20H23NO5S/c1-23-15-7-13(8-16(11-15)24-2)19(22)21-5-6-27-20(21)14-9-17(25-3)12-18(10-14)26-4/h7-12,20H,5-6H2,1-4H3/t20-/m0/s1. The van der Waals surface area contributed by atoms with Crippen LogP contribution in [0.25, 0.3) is 0 Å². The van der Waals surface area contributed by atoms with Crippen molar-refractivity contribution >= 4 is 17.7 Å². The minimum Gasteiger partial charge on any atom is -0.497 e. The topological polar surface area (TPSA) is 57.2 Å². The molecule has 0 unspecified atom stereocenters. The summed E-state index contributed by atoms with van der Waals surface area (Å²) in [5, 5.41) is -0.112. The van der Waals surface area contributed by atoms with Crippen LogP contribution < -0.4 is 18.9 Å². The molecule has 1 aliphatic heterocycles. The highest BCUT2D eigenvalue weighted by Gasteiger charge is 2.32. The summed E-state index contributed by atoms with van der Waals surface area (Å²) >= 11 is 1.72. The highest BCUT2D eigenvalue weighted by atomic mass is 32.2. The number of hydrogen-bond acceptors (Lipinski definition) is 6. The van der Waals surface area contributed by atoms with Crippen LogP contribution in [-0.4, -0.2) is 51.5 Å². The molecule has 0 radical (unpaired) electrons. The lowest BCUT2D eigenvalue weighted by Gasteiger charge is -2.25. The van der Waals surface area contributed by atoms with Crippen LogP contribution in [0.2, 0.25) is 0 Å². The monoisotopic (exact) mass is 389 g/mol. The third-order valence-corrected chi connectivity index (χ3v) is 5.67. The van der Waals surface area contributed by atoms with Gasteiger partial charge in [0.1, 0.15) is 28.4 Å². The molecule has 144 valence electrons. The van der Waals surface area contributed by atoms with Crippen LogP contribution in [0.5, 0.6) is 23.0 Å². The van der Waals surface area contributed by atoms with Gasteiger partial charge in [0.15, 0.2) is 0 Å². The molecular weight excluding hydrogens is 366 g/mol. The number of nitrogens with zero attached hydrogens (tertiary/aromatic N) is 1. The molecule has 1 amide bonds. The number of thioether (sulfide) groups is 1. The first-order valence-electron chi connectivity index (χ1n) is 8.48. The Kier molecular flexibility index (Phi) is 6.01. The molecule has 1 fully saturated rings. The number of methoxy groups -OCH3 is 4. The Morgan fingerprint density at radius 3 is 1.81 bits per heavy atom. The Balaban J connectivity index is 1.94. The number of amides is 1. The first-order chi connectivity index (χ1) is 13.1. The van der Waals surface area contributed by atoms with Gasteiger partial charge in [-0.15, -0.1) is 11.8 Å². The summed E-state index contributed by atoms with van der Waals surface area (Å²) in [4.78, 5) is 15.1. The molecule has 0 N–H and O–H groups in total. The van der Waals surface area contributed by atoms with Gasteiger partial charge >= 0.3 is 0 Å². The van der Waals surface area contributed by atoms with E-state index in [-0.39, 0.29) is 11.3 Å². The van der Waals surface area contributed by atoms with E-state index < -0.39 is 0 Å². The Bertz CT molecular complexity index is 782. The van der Waals surface area contributed by atoms with Crippen LogP contribution in [0.4, 0.5) is 0 Å². The fraction of sp³-hybridized carbons (Fsp3) is 0.350. The second-order valence-electron chi connectivity index (χ2n) is 5.97. The molecule has 7 heteroatoms. The van der Waals surface area contributed by atoms with Crippen LogP contribution >= 0.6 is 11.8 Å². The van der Waals surface area contributed by atoms with Gasteiger partial charge < -0.3 is 23.8 Å². The summed E-state index contributed by atoms with van der Waals surface area (Å²) in [6.45, 7) is 0.660. The summed E-state index contributed by atoms with van der Waals surface area (Å²) in [7, 11) is 6.37. The van der Waals surface area contributed by atoms with Crippen LogP contribution in [0, 0.1) is 0 Å². The lowest BCUT2D eigenvalue weighted by atomic mass is 10.1. The smallest absolute Gasteiger partial charge is 0.255 e. The maximum absolute atomic E-state index is 13.2. The zero-order chi connectivity index (χ0) is 19.4. The Morgan fingerprint density at radius 2 is 1.33 bits per heavy atom. The largest absolute Gasteiger partial charge is 0.497 e. The molecule has 3 rings (SSSR count). The van der Waals surface area contributed by atoms with Gasteiger partial charge in [0.2, 0.25) is 0 Å². The minimum atomic E-state index is -0.112. The summed E-state index contributed by atoms with van der Waals surface area (Å²) < 4.78 is 21.3. The average molecular weight is 389 g/mol. The summed E-state index contributed by atoms with van der Waals surface area (Å²) in [6.07, 6.45) is 0. The Labute approximate surface area is 163 Å². The van der Waals surface area contributed by atoms with E-state index in [1.54, 1.807) is 58.4 Å².